The normalized spacial score (nSPS) is 19.0. The van der Waals surface area contributed by atoms with Crippen LogP contribution >= 0.6 is 0 Å². The lowest BCUT2D eigenvalue weighted by atomic mass is 9.82. The Hall–Kier alpha value is -3.39. The highest BCUT2D eigenvalue weighted by Crippen LogP contribution is 2.35. The van der Waals surface area contributed by atoms with E-state index in [0.717, 1.165) is 73.8 Å². The number of rotatable bonds is 6. The van der Waals surface area contributed by atoms with Crippen LogP contribution < -0.4 is 20.4 Å². The van der Waals surface area contributed by atoms with Crippen LogP contribution in [0.4, 0.5) is 27.5 Å². The number of urea groups is 1. The van der Waals surface area contributed by atoms with E-state index in [1.165, 1.54) is 19.3 Å². The summed E-state index contributed by atoms with van der Waals surface area (Å²) in [7, 11) is 2.14. The van der Waals surface area contributed by atoms with Crippen molar-refractivity contribution >= 4 is 40.4 Å². The number of carbonyl (C=O) groups excluding carboxylic acids is 2. The van der Waals surface area contributed by atoms with Crippen LogP contribution in [-0.4, -0.2) is 68.9 Å². The second-order valence-corrected chi connectivity index (χ2v) is 10.7. The van der Waals surface area contributed by atoms with Crippen LogP contribution in [0.3, 0.4) is 0 Å². The molecule has 1 saturated heterocycles. The SMILES string of the molecule is CCCN1C(=O)CN=C(C2CCCCC2)c2ccc(NC(=O)Nc3cccc(N4CCN(C)CC4)c3)cc21. The van der Waals surface area contributed by atoms with Gasteiger partial charge >= 0.3 is 6.03 Å². The summed E-state index contributed by atoms with van der Waals surface area (Å²) in [4.78, 5) is 37.4. The van der Waals surface area contributed by atoms with Crippen molar-refractivity contribution < 1.29 is 9.59 Å². The molecule has 3 aliphatic rings. The topological polar surface area (TPSA) is 80.3 Å². The smallest absolute Gasteiger partial charge is 0.323 e. The zero-order valence-corrected chi connectivity index (χ0v) is 22.7. The van der Waals surface area contributed by atoms with E-state index < -0.39 is 0 Å². The van der Waals surface area contributed by atoms with Gasteiger partial charge in [0.05, 0.1) is 5.69 Å². The Balaban J connectivity index is 1.33. The van der Waals surface area contributed by atoms with Gasteiger partial charge in [-0.15, -0.1) is 0 Å². The van der Waals surface area contributed by atoms with Crippen molar-refractivity contribution in [2.24, 2.45) is 10.9 Å². The maximum atomic E-state index is 13.1. The highest BCUT2D eigenvalue weighted by Gasteiger charge is 2.29. The van der Waals surface area contributed by atoms with Gasteiger partial charge in [0.2, 0.25) is 5.91 Å². The van der Waals surface area contributed by atoms with Gasteiger partial charge in [-0.3, -0.25) is 9.79 Å². The molecule has 8 nitrogen and oxygen atoms in total. The van der Waals surface area contributed by atoms with Gasteiger partial charge in [-0.05, 0) is 62.7 Å². The first-order chi connectivity index (χ1) is 18.5. The van der Waals surface area contributed by atoms with Gasteiger partial charge < -0.3 is 25.3 Å². The number of piperazine rings is 1. The third-order valence-corrected chi connectivity index (χ3v) is 7.92. The van der Waals surface area contributed by atoms with E-state index in [1.54, 1.807) is 0 Å². The minimum Gasteiger partial charge on any atom is -0.369 e. The van der Waals surface area contributed by atoms with Crippen LogP contribution in [0.1, 0.15) is 51.0 Å². The molecule has 2 aromatic rings. The quantitative estimate of drug-likeness (QED) is 0.553. The Morgan fingerprint density at radius 3 is 2.45 bits per heavy atom. The maximum Gasteiger partial charge on any atom is 0.323 e. The monoisotopic (exact) mass is 516 g/mol. The molecule has 8 heteroatoms. The molecule has 5 rings (SSSR count). The van der Waals surface area contributed by atoms with Crippen LogP contribution in [0.25, 0.3) is 0 Å². The Labute approximate surface area is 226 Å². The molecule has 0 bridgehead atoms. The maximum absolute atomic E-state index is 13.1. The molecule has 0 atom stereocenters. The lowest BCUT2D eigenvalue weighted by Gasteiger charge is -2.34. The number of hydrogen-bond acceptors (Lipinski definition) is 5. The first-order valence-electron chi connectivity index (χ1n) is 14.1. The number of nitrogens with zero attached hydrogens (tertiary/aromatic N) is 4. The van der Waals surface area contributed by atoms with Gasteiger partial charge in [-0.25, -0.2) is 4.79 Å². The third kappa shape index (κ3) is 6.01. The van der Waals surface area contributed by atoms with Crippen molar-refractivity contribution in [3.63, 3.8) is 0 Å². The fourth-order valence-corrected chi connectivity index (χ4v) is 5.84. The summed E-state index contributed by atoms with van der Waals surface area (Å²) < 4.78 is 0. The standard InChI is InChI=1S/C30H40N6O2/c1-3-14-36-27-20-24(12-13-26(27)29(31-21-28(36)37)22-8-5-4-6-9-22)33-30(38)32-23-10-7-11-25(19-23)35-17-15-34(2)16-18-35/h7,10-13,19-20,22H,3-6,8-9,14-18,21H2,1-2H3,(H2,32,33,38). The molecule has 2 heterocycles. The molecular formula is C30H40N6O2. The molecule has 0 spiro atoms. The number of hydrogen-bond donors (Lipinski definition) is 2. The number of benzene rings is 2. The number of amides is 3. The van der Waals surface area contributed by atoms with Crippen molar-refractivity contribution in [3.05, 3.63) is 48.0 Å². The first kappa shape index (κ1) is 26.2. The molecule has 3 amide bonds. The van der Waals surface area contributed by atoms with E-state index in [2.05, 4.69) is 40.5 Å². The predicted octanol–water partition coefficient (Wildman–Crippen LogP) is 5.21. The third-order valence-electron chi connectivity index (χ3n) is 7.92. The summed E-state index contributed by atoms with van der Waals surface area (Å²) in [5, 5.41) is 5.97. The van der Waals surface area contributed by atoms with Crippen molar-refractivity contribution in [1.82, 2.24) is 4.90 Å². The average Bonchev–Trinajstić information content (AvgIpc) is 3.06. The first-order valence-corrected chi connectivity index (χ1v) is 14.1. The summed E-state index contributed by atoms with van der Waals surface area (Å²) in [5.41, 5.74) is 5.47. The minimum atomic E-state index is -0.302. The van der Waals surface area contributed by atoms with Crippen LogP contribution in [0.2, 0.25) is 0 Å². The van der Waals surface area contributed by atoms with E-state index in [1.807, 2.05) is 41.3 Å². The highest BCUT2D eigenvalue weighted by molar-refractivity contribution is 6.13. The Bertz CT molecular complexity index is 1180. The van der Waals surface area contributed by atoms with Gasteiger partial charge in [0, 0.05) is 67.0 Å². The minimum absolute atomic E-state index is 0.0150. The molecule has 0 aromatic heterocycles. The van der Waals surface area contributed by atoms with Gasteiger partial charge in [-0.1, -0.05) is 32.3 Å². The van der Waals surface area contributed by atoms with E-state index in [9.17, 15) is 9.59 Å². The number of nitrogens with one attached hydrogen (secondary N) is 2. The summed E-state index contributed by atoms with van der Waals surface area (Å²) in [6.07, 6.45) is 6.79. The molecular weight excluding hydrogens is 476 g/mol. The second kappa shape index (κ2) is 12.0. The fourth-order valence-electron chi connectivity index (χ4n) is 5.84. The Kier molecular flexibility index (Phi) is 8.27. The van der Waals surface area contributed by atoms with Crippen LogP contribution in [0.5, 0.6) is 0 Å². The molecule has 1 saturated carbocycles. The van der Waals surface area contributed by atoms with Crippen LogP contribution in [0, 0.1) is 5.92 Å². The van der Waals surface area contributed by atoms with Crippen molar-refractivity contribution in [1.29, 1.82) is 0 Å². The number of fused-ring (bicyclic) bond motifs is 1. The fraction of sp³-hybridized carbons (Fsp3) is 0.500. The van der Waals surface area contributed by atoms with E-state index in [0.29, 0.717) is 18.2 Å². The highest BCUT2D eigenvalue weighted by atomic mass is 16.2. The predicted molar refractivity (Wildman–Crippen MR) is 156 cm³/mol. The Morgan fingerprint density at radius 1 is 0.974 bits per heavy atom. The van der Waals surface area contributed by atoms with Crippen molar-refractivity contribution in [3.8, 4) is 0 Å². The van der Waals surface area contributed by atoms with E-state index in [4.69, 9.17) is 4.99 Å². The van der Waals surface area contributed by atoms with E-state index in [-0.39, 0.29) is 18.5 Å². The largest absolute Gasteiger partial charge is 0.369 e. The van der Waals surface area contributed by atoms with Gasteiger partial charge in [0.1, 0.15) is 6.54 Å². The van der Waals surface area contributed by atoms with Gasteiger partial charge in [0.25, 0.3) is 0 Å². The molecule has 2 N–H and O–H groups in total. The summed E-state index contributed by atoms with van der Waals surface area (Å²) in [5.74, 6) is 0.410. The molecule has 2 aromatic carbocycles. The number of carbonyl (C=O) groups is 2. The van der Waals surface area contributed by atoms with Gasteiger partial charge in [0.15, 0.2) is 0 Å². The number of benzodiazepines with no additional fused rings is 1. The lowest BCUT2D eigenvalue weighted by molar-refractivity contribution is -0.117. The second-order valence-electron chi connectivity index (χ2n) is 10.7. The zero-order chi connectivity index (χ0) is 26.5. The number of anilines is 4. The van der Waals surface area contributed by atoms with Crippen LogP contribution in [-0.2, 0) is 4.79 Å². The summed E-state index contributed by atoms with van der Waals surface area (Å²) >= 11 is 0. The summed E-state index contributed by atoms with van der Waals surface area (Å²) in [6.45, 7) is 6.90. The molecule has 2 fully saturated rings. The molecule has 0 radical (unpaired) electrons. The van der Waals surface area contributed by atoms with E-state index >= 15 is 0 Å². The number of aliphatic imine (C=N–C) groups is 1. The average molecular weight is 517 g/mol. The van der Waals surface area contributed by atoms with Crippen molar-refractivity contribution in [2.45, 2.75) is 45.4 Å². The molecule has 202 valence electrons. The molecule has 38 heavy (non-hydrogen) atoms. The molecule has 1 aliphatic carbocycles. The zero-order valence-electron chi connectivity index (χ0n) is 22.7. The molecule has 0 unspecified atom stereocenters. The van der Waals surface area contributed by atoms with Crippen LogP contribution in [0.15, 0.2) is 47.5 Å². The van der Waals surface area contributed by atoms with Crippen molar-refractivity contribution in [2.75, 3.05) is 66.7 Å². The summed E-state index contributed by atoms with van der Waals surface area (Å²) in [6, 6.07) is 13.6. The van der Waals surface area contributed by atoms with Gasteiger partial charge in [-0.2, -0.15) is 0 Å². The number of likely N-dealkylation sites (N-methyl/N-ethyl adjacent to an activating group) is 1. The lowest BCUT2D eigenvalue weighted by Crippen LogP contribution is -2.44. The molecule has 2 aliphatic heterocycles. The Morgan fingerprint density at radius 2 is 1.71 bits per heavy atom.